The molecule has 0 heterocycles. The second-order valence-electron chi connectivity index (χ2n) is 8.94. The second-order valence-corrected chi connectivity index (χ2v) is 14.4. The molecule has 8 heteroatoms. The average Bonchev–Trinajstić information content (AvgIpc) is 2.65. The number of hydrogen-bond acceptors (Lipinski definition) is 3. The third-order valence-electron chi connectivity index (χ3n) is 5.93. The van der Waals surface area contributed by atoms with E-state index in [9.17, 15) is 21.6 Å². The first-order valence-corrected chi connectivity index (χ1v) is 12.9. The van der Waals surface area contributed by atoms with Gasteiger partial charge in [-0.2, -0.15) is 21.6 Å². The largest absolute Gasteiger partial charge is 0.522 e. The first-order valence-electron chi connectivity index (χ1n) is 9.77. The van der Waals surface area contributed by atoms with Crippen LogP contribution in [0.1, 0.15) is 45.7 Å². The van der Waals surface area contributed by atoms with E-state index in [4.69, 9.17) is 3.87 Å². The molecule has 2 unspecified atom stereocenters. The SMILES string of the molecule is CC([SiH](OS(=O)(=O)C(F)(F)F)C(C)(C)c1ccccc1)C(C)(C)Cc1ccccc1. The summed E-state index contributed by atoms with van der Waals surface area (Å²) in [6, 6.07) is 18.6. The molecule has 0 amide bonds. The van der Waals surface area contributed by atoms with E-state index in [2.05, 4.69) is 0 Å². The summed E-state index contributed by atoms with van der Waals surface area (Å²) in [6.07, 6.45) is 0.596. The molecule has 0 saturated carbocycles. The maximum Gasteiger partial charge on any atom is 0.522 e. The van der Waals surface area contributed by atoms with Crippen LogP contribution in [-0.2, 0) is 25.4 Å². The van der Waals surface area contributed by atoms with Gasteiger partial charge in [-0.25, -0.2) is 0 Å². The molecule has 0 aliphatic carbocycles. The van der Waals surface area contributed by atoms with Crippen molar-refractivity contribution in [1.29, 1.82) is 0 Å². The normalized spacial score (nSPS) is 15.6. The monoisotopic (exact) mass is 458 g/mol. The zero-order valence-corrected chi connectivity index (χ0v) is 19.9. The molecule has 0 saturated heterocycles. The van der Waals surface area contributed by atoms with Crippen molar-refractivity contribution >= 4 is 19.2 Å². The van der Waals surface area contributed by atoms with Gasteiger partial charge in [0.05, 0.1) is 0 Å². The first-order chi connectivity index (χ1) is 13.7. The quantitative estimate of drug-likeness (QED) is 0.374. The number of halogens is 3. The van der Waals surface area contributed by atoms with E-state index in [0.717, 1.165) is 11.1 Å². The van der Waals surface area contributed by atoms with Crippen LogP contribution in [0.4, 0.5) is 13.2 Å². The van der Waals surface area contributed by atoms with Crippen molar-refractivity contribution < 1.29 is 25.5 Å². The van der Waals surface area contributed by atoms with Crippen LogP contribution in [0.2, 0.25) is 5.54 Å². The van der Waals surface area contributed by atoms with Crippen LogP contribution in [0.25, 0.3) is 0 Å². The first kappa shape index (κ1) is 24.6. The Hall–Kier alpha value is -1.64. The summed E-state index contributed by atoms with van der Waals surface area (Å²) in [5, 5.41) is -0.854. The van der Waals surface area contributed by atoms with Gasteiger partial charge in [-0.3, -0.25) is 0 Å². The van der Waals surface area contributed by atoms with Crippen LogP contribution in [0.3, 0.4) is 0 Å². The molecule has 0 fully saturated rings. The topological polar surface area (TPSA) is 43.4 Å². The van der Waals surface area contributed by atoms with Crippen molar-refractivity contribution in [2.75, 3.05) is 0 Å². The highest BCUT2D eigenvalue weighted by atomic mass is 32.2. The molecule has 0 bridgehead atoms. The van der Waals surface area contributed by atoms with E-state index in [-0.39, 0.29) is 5.54 Å². The summed E-state index contributed by atoms with van der Waals surface area (Å²) in [7, 11) is -8.77. The van der Waals surface area contributed by atoms with Crippen LogP contribution in [0.5, 0.6) is 0 Å². The lowest BCUT2D eigenvalue weighted by Gasteiger charge is -2.43. The number of alkyl halides is 3. The maximum absolute atomic E-state index is 13.2. The van der Waals surface area contributed by atoms with Gasteiger partial charge in [0.1, 0.15) is 0 Å². The van der Waals surface area contributed by atoms with Gasteiger partial charge >= 0.3 is 15.6 Å². The average molecular weight is 459 g/mol. The highest BCUT2D eigenvalue weighted by Gasteiger charge is 2.53. The van der Waals surface area contributed by atoms with E-state index < -0.39 is 35.1 Å². The molecular formula is C22H29F3O3SSi. The zero-order chi connectivity index (χ0) is 22.8. The van der Waals surface area contributed by atoms with Crippen LogP contribution >= 0.6 is 0 Å². The van der Waals surface area contributed by atoms with Crippen molar-refractivity contribution in [2.45, 2.75) is 57.1 Å². The molecule has 0 radical (unpaired) electrons. The molecule has 2 aromatic carbocycles. The summed E-state index contributed by atoms with van der Waals surface area (Å²) < 4.78 is 68.7. The smallest absolute Gasteiger partial charge is 0.311 e. The Balaban J connectivity index is 2.49. The molecule has 2 atom stereocenters. The predicted molar refractivity (Wildman–Crippen MR) is 116 cm³/mol. The van der Waals surface area contributed by atoms with Gasteiger partial charge in [-0.1, -0.05) is 95.3 Å². The van der Waals surface area contributed by atoms with Crippen LogP contribution < -0.4 is 0 Å². The van der Waals surface area contributed by atoms with Crippen molar-refractivity contribution in [1.82, 2.24) is 0 Å². The van der Waals surface area contributed by atoms with Gasteiger partial charge in [-0.15, -0.1) is 0 Å². The number of benzene rings is 2. The van der Waals surface area contributed by atoms with Crippen LogP contribution in [-0.4, -0.2) is 23.0 Å². The van der Waals surface area contributed by atoms with E-state index in [1.54, 1.807) is 38.1 Å². The lowest BCUT2D eigenvalue weighted by molar-refractivity contribution is -0.0504. The van der Waals surface area contributed by atoms with Gasteiger partial charge < -0.3 is 3.87 Å². The molecule has 166 valence electrons. The summed E-state index contributed by atoms with van der Waals surface area (Å²) in [5.41, 5.74) is -4.51. The fourth-order valence-electron chi connectivity index (χ4n) is 3.74. The zero-order valence-electron chi connectivity index (χ0n) is 17.9. The molecule has 30 heavy (non-hydrogen) atoms. The van der Waals surface area contributed by atoms with Gasteiger partial charge in [0.2, 0.25) is 9.04 Å². The summed E-state index contributed by atoms with van der Waals surface area (Å²) in [5.74, 6) is 0. The molecule has 3 nitrogen and oxygen atoms in total. The lowest BCUT2D eigenvalue weighted by Crippen LogP contribution is -2.50. The standard InChI is InChI=1S/C22H29F3O3SSi/c1-17(20(2,3)16-18-12-8-6-9-13-18)30(28-29(26,27)22(23,24)25)21(4,5)19-14-10-7-11-15-19/h6-15,17,30H,16H2,1-5H3. The Morgan fingerprint density at radius 2 is 1.37 bits per heavy atom. The van der Waals surface area contributed by atoms with Crippen molar-refractivity contribution in [3.8, 4) is 0 Å². The molecule has 0 N–H and O–H groups in total. The van der Waals surface area contributed by atoms with Gasteiger partial charge in [0.25, 0.3) is 0 Å². The minimum absolute atomic E-state index is 0.384. The third-order valence-corrected chi connectivity index (χ3v) is 11.9. The lowest BCUT2D eigenvalue weighted by atomic mass is 9.83. The predicted octanol–water partition coefficient (Wildman–Crippen LogP) is 5.75. The fourth-order valence-corrected chi connectivity index (χ4v) is 9.61. The summed E-state index contributed by atoms with van der Waals surface area (Å²) in [6.45, 7) is 9.28. The van der Waals surface area contributed by atoms with Crippen molar-refractivity contribution in [3.05, 3.63) is 71.8 Å². The highest BCUT2D eigenvalue weighted by molar-refractivity contribution is 7.88. The van der Waals surface area contributed by atoms with E-state index in [1.807, 2.05) is 57.2 Å². The number of rotatable bonds is 8. The molecule has 0 aromatic heterocycles. The van der Waals surface area contributed by atoms with E-state index in [0.29, 0.717) is 6.42 Å². The Morgan fingerprint density at radius 1 is 0.900 bits per heavy atom. The minimum Gasteiger partial charge on any atom is -0.311 e. The van der Waals surface area contributed by atoms with Crippen molar-refractivity contribution in [2.24, 2.45) is 5.41 Å². The Bertz CT molecular complexity index is 927. The third kappa shape index (κ3) is 5.53. The molecule has 2 rings (SSSR count). The molecule has 0 spiro atoms. The van der Waals surface area contributed by atoms with Crippen molar-refractivity contribution in [3.63, 3.8) is 0 Å². The molecule has 2 aromatic rings. The van der Waals surface area contributed by atoms with E-state index in [1.165, 1.54) is 0 Å². The van der Waals surface area contributed by atoms with E-state index >= 15 is 0 Å². The Morgan fingerprint density at radius 3 is 1.83 bits per heavy atom. The minimum atomic E-state index is -5.70. The van der Waals surface area contributed by atoms with Gasteiger partial charge in [0.15, 0.2) is 0 Å². The highest BCUT2D eigenvalue weighted by Crippen LogP contribution is 2.45. The second kappa shape index (κ2) is 8.84. The Kier molecular flexibility index (Phi) is 7.26. The Labute approximate surface area is 179 Å². The maximum atomic E-state index is 13.2. The summed E-state index contributed by atoms with van der Waals surface area (Å²) in [4.78, 5) is 0. The summed E-state index contributed by atoms with van der Waals surface area (Å²) >= 11 is 0. The van der Waals surface area contributed by atoms with Gasteiger partial charge in [0, 0.05) is 5.04 Å². The van der Waals surface area contributed by atoms with Gasteiger partial charge in [-0.05, 0) is 28.5 Å². The fraction of sp³-hybridized carbons (Fsp3) is 0.455. The molecule has 0 aliphatic rings. The molecule has 0 aliphatic heterocycles. The van der Waals surface area contributed by atoms with Crippen LogP contribution in [0, 0.1) is 5.41 Å². The molecular weight excluding hydrogens is 429 g/mol. The van der Waals surface area contributed by atoms with Crippen LogP contribution in [0.15, 0.2) is 60.7 Å². The number of hydrogen-bond donors (Lipinski definition) is 0.